The molecule has 0 fully saturated rings. The maximum absolute atomic E-state index is 5.86. The minimum absolute atomic E-state index is 0.289. The summed E-state index contributed by atoms with van der Waals surface area (Å²) < 4.78 is 6.76. The molecule has 2 aromatic heterocycles. The second-order valence-corrected chi connectivity index (χ2v) is 5.94. The van der Waals surface area contributed by atoms with Crippen molar-refractivity contribution in [2.75, 3.05) is 12.4 Å². The van der Waals surface area contributed by atoms with Gasteiger partial charge in [0.05, 0.1) is 10.2 Å². The quantitative estimate of drug-likeness (QED) is 0.739. The molecular formula is C16H16BrN3O. The molecule has 5 heteroatoms. The van der Waals surface area contributed by atoms with E-state index in [9.17, 15) is 0 Å². The van der Waals surface area contributed by atoms with Gasteiger partial charge in [0, 0.05) is 12.4 Å². The van der Waals surface area contributed by atoms with Gasteiger partial charge in [-0.3, -0.25) is 0 Å². The van der Waals surface area contributed by atoms with Crippen molar-refractivity contribution in [2.45, 2.75) is 19.8 Å². The molecule has 0 amide bonds. The lowest BCUT2D eigenvalue weighted by Crippen LogP contribution is -2.04. The number of fused-ring (bicyclic) bond motifs is 1. The molecule has 0 unspecified atom stereocenters. The van der Waals surface area contributed by atoms with Crippen molar-refractivity contribution in [3.05, 3.63) is 40.5 Å². The zero-order chi connectivity index (χ0) is 15.0. The van der Waals surface area contributed by atoms with Gasteiger partial charge in [0.1, 0.15) is 11.4 Å². The smallest absolute Gasteiger partial charge is 0.197 e. The van der Waals surface area contributed by atoms with Crippen LogP contribution in [0.2, 0.25) is 0 Å². The fourth-order valence-corrected chi connectivity index (χ4v) is 3.05. The van der Waals surface area contributed by atoms with Gasteiger partial charge in [0.15, 0.2) is 11.6 Å². The van der Waals surface area contributed by atoms with Crippen molar-refractivity contribution in [3.63, 3.8) is 0 Å². The van der Waals surface area contributed by atoms with E-state index < -0.39 is 0 Å². The Kier molecular flexibility index (Phi) is 3.68. The van der Waals surface area contributed by atoms with Gasteiger partial charge in [0.2, 0.25) is 0 Å². The number of halogens is 1. The highest BCUT2D eigenvalue weighted by atomic mass is 79.9. The summed E-state index contributed by atoms with van der Waals surface area (Å²) in [7, 11) is 1.85. The monoisotopic (exact) mass is 345 g/mol. The van der Waals surface area contributed by atoms with Crippen LogP contribution in [0.25, 0.3) is 22.6 Å². The molecule has 0 spiro atoms. The zero-order valence-electron chi connectivity index (χ0n) is 12.1. The number of furan rings is 1. The standard InChI is InChI=1S/C16H16BrN3O/c1-9(2)14-13(17)16(18-3)20-15(19-14)12-8-10-6-4-5-7-11(10)21-12/h4-9H,1-3H3,(H,18,19,20). The third-order valence-corrected chi connectivity index (χ3v) is 4.09. The lowest BCUT2D eigenvalue weighted by atomic mass is 10.1. The SMILES string of the molecule is CNc1nc(-c2cc3ccccc3o2)nc(C(C)C)c1Br. The van der Waals surface area contributed by atoms with Crippen LogP contribution in [0.4, 0.5) is 5.82 Å². The van der Waals surface area contributed by atoms with Gasteiger partial charge < -0.3 is 9.73 Å². The van der Waals surface area contributed by atoms with Crippen LogP contribution in [0.1, 0.15) is 25.5 Å². The van der Waals surface area contributed by atoms with Gasteiger partial charge in [0.25, 0.3) is 0 Å². The number of nitrogens with one attached hydrogen (secondary N) is 1. The Morgan fingerprint density at radius 3 is 2.62 bits per heavy atom. The fourth-order valence-electron chi connectivity index (χ4n) is 2.21. The Balaban J connectivity index is 2.19. The Hall–Kier alpha value is -1.88. The van der Waals surface area contributed by atoms with Crippen molar-refractivity contribution in [1.29, 1.82) is 0 Å². The van der Waals surface area contributed by atoms with Crippen molar-refractivity contribution in [2.24, 2.45) is 0 Å². The molecule has 0 atom stereocenters. The average molecular weight is 346 g/mol. The Morgan fingerprint density at radius 2 is 1.95 bits per heavy atom. The minimum atomic E-state index is 0.289. The van der Waals surface area contributed by atoms with Crippen LogP contribution in [-0.4, -0.2) is 17.0 Å². The molecule has 0 saturated carbocycles. The van der Waals surface area contributed by atoms with Crippen molar-refractivity contribution in [3.8, 4) is 11.6 Å². The van der Waals surface area contributed by atoms with E-state index in [1.807, 2.05) is 37.4 Å². The summed E-state index contributed by atoms with van der Waals surface area (Å²) in [5, 5.41) is 4.15. The van der Waals surface area contributed by atoms with Crippen molar-refractivity contribution >= 4 is 32.7 Å². The summed E-state index contributed by atoms with van der Waals surface area (Å²) in [5.74, 6) is 2.34. The van der Waals surface area contributed by atoms with Gasteiger partial charge in [-0.25, -0.2) is 9.97 Å². The highest BCUT2D eigenvalue weighted by Gasteiger charge is 2.17. The normalized spacial score (nSPS) is 11.3. The fraction of sp³-hybridized carbons (Fsp3) is 0.250. The van der Waals surface area contributed by atoms with Crippen LogP contribution in [0.5, 0.6) is 0 Å². The number of nitrogens with zero attached hydrogens (tertiary/aromatic N) is 2. The van der Waals surface area contributed by atoms with E-state index in [4.69, 9.17) is 4.42 Å². The highest BCUT2D eigenvalue weighted by molar-refractivity contribution is 9.10. The van der Waals surface area contributed by atoms with Crippen LogP contribution in [0.15, 0.2) is 39.2 Å². The largest absolute Gasteiger partial charge is 0.453 e. The van der Waals surface area contributed by atoms with Crippen LogP contribution in [0.3, 0.4) is 0 Å². The van der Waals surface area contributed by atoms with E-state index in [-0.39, 0.29) is 5.92 Å². The van der Waals surface area contributed by atoms with Crippen molar-refractivity contribution < 1.29 is 4.42 Å². The summed E-state index contributed by atoms with van der Waals surface area (Å²) >= 11 is 3.57. The average Bonchev–Trinajstić information content (AvgIpc) is 2.91. The van der Waals surface area contributed by atoms with E-state index in [0.29, 0.717) is 11.6 Å². The Bertz CT molecular complexity index is 762. The summed E-state index contributed by atoms with van der Waals surface area (Å²) in [6.45, 7) is 4.21. The summed E-state index contributed by atoms with van der Waals surface area (Å²) in [4.78, 5) is 9.19. The van der Waals surface area contributed by atoms with Gasteiger partial charge in [-0.2, -0.15) is 0 Å². The first-order chi connectivity index (χ1) is 10.1. The second kappa shape index (κ2) is 5.48. The Labute approximate surface area is 131 Å². The maximum atomic E-state index is 5.86. The molecule has 2 heterocycles. The van der Waals surface area contributed by atoms with Gasteiger partial charge >= 0.3 is 0 Å². The van der Waals surface area contributed by atoms with E-state index in [2.05, 4.69) is 45.1 Å². The lowest BCUT2D eigenvalue weighted by molar-refractivity contribution is 0.623. The number of para-hydroxylation sites is 1. The predicted molar refractivity (Wildman–Crippen MR) is 88.6 cm³/mol. The predicted octanol–water partition coefficient (Wildman–Crippen LogP) is 4.82. The molecule has 1 aromatic carbocycles. The molecule has 0 saturated heterocycles. The third kappa shape index (κ3) is 2.53. The molecule has 1 N–H and O–H groups in total. The van der Waals surface area contributed by atoms with Crippen LogP contribution < -0.4 is 5.32 Å². The molecule has 4 nitrogen and oxygen atoms in total. The van der Waals surface area contributed by atoms with Crippen LogP contribution >= 0.6 is 15.9 Å². The van der Waals surface area contributed by atoms with Crippen molar-refractivity contribution in [1.82, 2.24) is 9.97 Å². The third-order valence-electron chi connectivity index (χ3n) is 3.31. The molecule has 3 rings (SSSR count). The number of hydrogen-bond acceptors (Lipinski definition) is 4. The molecule has 21 heavy (non-hydrogen) atoms. The first-order valence-electron chi connectivity index (χ1n) is 6.84. The summed E-state index contributed by atoms with van der Waals surface area (Å²) in [6, 6.07) is 9.88. The molecule has 0 bridgehead atoms. The van der Waals surface area contributed by atoms with Crippen LogP contribution in [0, 0.1) is 0 Å². The second-order valence-electron chi connectivity index (χ2n) is 5.15. The number of aromatic nitrogens is 2. The van der Waals surface area contributed by atoms with Gasteiger partial charge in [-0.05, 0) is 34.0 Å². The number of rotatable bonds is 3. The lowest BCUT2D eigenvalue weighted by Gasteiger charge is -2.12. The first-order valence-corrected chi connectivity index (χ1v) is 7.63. The molecular weight excluding hydrogens is 330 g/mol. The van der Waals surface area contributed by atoms with E-state index in [1.165, 1.54) is 0 Å². The van der Waals surface area contributed by atoms with E-state index in [1.54, 1.807) is 0 Å². The van der Waals surface area contributed by atoms with E-state index in [0.717, 1.165) is 27.0 Å². The first kappa shape index (κ1) is 14.1. The molecule has 0 aliphatic rings. The van der Waals surface area contributed by atoms with Gasteiger partial charge in [-0.1, -0.05) is 32.0 Å². The molecule has 108 valence electrons. The highest BCUT2D eigenvalue weighted by Crippen LogP contribution is 2.32. The number of benzene rings is 1. The summed E-state index contributed by atoms with van der Waals surface area (Å²) in [5.41, 5.74) is 1.81. The molecule has 0 radical (unpaired) electrons. The minimum Gasteiger partial charge on any atom is -0.453 e. The van der Waals surface area contributed by atoms with Gasteiger partial charge in [-0.15, -0.1) is 0 Å². The summed E-state index contributed by atoms with van der Waals surface area (Å²) in [6.07, 6.45) is 0. The topological polar surface area (TPSA) is 51.0 Å². The van der Waals surface area contributed by atoms with E-state index >= 15 is 0 Å². The molecule has 3 aromatic rings. The molecule has 0 aliphatic carbocycles. The van der Waals surface area contributed by atoms with Crippen LogP contribution in [-0.2, 0) is 0 Å². The number of anilines is 1. The zero-order valence-corrected chi connectivity index (χ0v) is 13.7. The Morgan fingerprint density at radius 1 is 1.19 bits per heavy atom. The maximum Gasteiger partial charge on any atom is 0.197 e. The number of hydrogen-bond donors (Lipinski definition) is 1. The molecule has 0 aliphatic heterocycles.